The maximum atomic E-state index is 11.1. The molecule has 1 heterocycles. The van der Waals surface area contributed by atoms with E-state index in [9.17, 15) is 9.90 Å². The van der Waals surface area contributed by atoms with Crippen molar-refractivity contribution >= 4 is 5.91 Å². The van der Waals surface area contributed by atoms with E-state index in [0.717, 1.165) is 0 Å². The van der Waals surface area contributed by atoms with E-state index in [1.807, 2.05) is 0 Å². The van der Waals surface area contributed by atoms with Crippen LogP contribution in [0.3, 0.4) is 0 Å². The Morgan fingerprint density at radius 3 is 2.58 bits per heavy atom. The van der Waals surface area contributed by atoms with E-state index in [-0.39, 0.29) is 12.3 Å². The number of aliphatic hydroxyl groups excluding tert-OH is 1. The van der Waals surface area contributed by atoms with Gasteiger partial charge in [-0.2, -0.15) is 0 Å². The van der Waals surface area contributed by atoms with Gasteiger partial charge >= 0.3 is 0 Å². The third-order valence-electron chi connectivity index (χ3n) is 1.77. The van der Waals surface area contributed by atoms with Gasteiger partial charge in [0.2, 0.25) is 5.91 Å². The van der Waals surface area contributed by atoms with Crippen LogP contribution < -0.4 is 0 Å². The first-order chi connectivity index (χ1) is 5.38. The molecule has 0 aromatic heterocycles. The normalized spacial score (nSPS) is 25.2. The Morgan fingerprint density at radius 1 is 1.67 bits per heavy atom. The highest BCUT2D eigenvalue weighted by Gasteiger charge is 2.31. The summed E-state index contributed by atoms with van der Waals surface area (Å²) in [5, 5.41) is 18.5. The van der Waals surface area contributed by atoms with Gasteiger partial charge in [0.15, 0.2) is 0 Å². The van der Waals surface area contributed by atoms with E-state index in [2.05, 4.69) is 0 Å². The molecule has 1 atom stereocenters. The summed E-state index contributed by atoms with van der Waals surface area (Å²) < 4.78 is 0. The molecule has 0 saturated carbocycles. The summed E-state index contributed by atoms with van der Waals surface area (Å²) >= 11 is 0. The number of hydrogen-bond donors (Lipinski definition) is 2. The van der Waals surface area contributed by atoms with Crippen molar-refractivity contribution in [2.24, 2.45) is 0 Å². The van der Waals surface area contributed by atoms with Crippen molar-refractivity contribution in [3.63, 3.8) is 0 Å². The highest BCUT2D eigenvalue weighted by molar-refractivity contribution is 5.79. The number of carbonyl (C=O) groups is 1. The third-order valence-corrected chi connectivity index (χ3v) is 1.77. The molecule has 1 aliphatic heterocycles. The highest BCUT2D eigenvalue weighted by Crippen LogP contribution is 2.14. The van der Waals surface area contributed by atoms with Crippen LogP contribution in [-0.4, -0.2) is 45.8 Å². The molecule has 1 unspecified atom stereocenters. The number of hydrogen-bond acceptors (Lipinski definition) is 3. The molecule has 70 valence electrons. The standard InChI is InChI=1S/C8H15NO3/c1-8(2,12)5-9-4-6(10)3-7(9)11/h6,10,12H,3-5H2,1-2H3. The van der Waals surface area contributed by atoms with Crippen molar-refractivity contribution in [2.45, 2.75) is 32.0 Å². The molecule has 4 heteroatoms. The Kier molecular flexibility index (Phi) is 2.39. The van der Waals surface area contributed by atoms with Crippen LogP contribution in [0, 0.1) is 0 Å². The van der Waals surface area contributed by atoms with Crippen molar-refractivity contribution in [2.75, 3.05) is 13.1 Å². The molecule has 2 N–H and O–H groups in total. The number of amides is 1. The lowest BCUT2D eigenvalue weighted by molar-refractivity contribution is -0.130. The van der Waals surface area contributed by atoms with E-state index in [1.54, 1.807) is 13.8 Å². The molecule has 1 aliphatic rings. The van der Waals surface area contributed by atoms with Crippen LogP contribution in [0.1, 0.15) is 20.3 Å². The Bertz CT molecular complexity index is 185. The average molecular weight is 173 g/mol. The molecule has 4 nitrogen and oxygen atoms in total. The van der Waals surface area contributed by atoms with Gasteiger partial charge in [-0.25, -0.2) is 0 Å². The number of rotatable bonds is 2. The molecule has 0 aromatic carbocycles. The summed E-state index contributed by atoms with van der Waals surface area (Å²) in [7, 11) is 0. The van der Waals surface area contributed by atoms with Gasteiger partial charge in [-0.15, -0.1) is 0 Å². The predicted octanol–water partition coefficient (Wildman–Crippen LogP) is -0.650. The van der Waals surface area contributed by atoms with Gasteiger partial charge in [-0.3, -0.25) is 4.79 Å². The van der Waals surface area contributed by atoms with Gasteiger partial charge in [0.1, 0.15) is 0 Å². The van der Waals surface area contributed by atoms with Gasteiger partial charge in [-0.1, -0.05) is 0 Å². The molecular weight excluding hydrogens is 158 g/mol. The number of nitrogens with zero attached hydrogens (tertiary/aromatic N) is 1. The summed E-state index contributed by atoms with van der Waals surface area (Å²) in [6.45, 7) is 3.93. The van der Waals surface area contributed by atoms with Crippen molar-refractivity contribution < 1.29 is 15.0 Å². The monoisotopic (exact) mass is 173 g/mol. The second kappa shape index (κ2) is 3.03. The first-order valence-corrected chi connectivity index (χ1v) is 4.07. The molecular formula is C8H15NO3. The van der Waals surface area contributed by atoms with Crippen LogP contribution in [0.15, 0.2) is 0 Å². The van der Waals surface area contributed by atoms with Crippen LogP contribution in [0.25, 0.3) is 0 Å². The first kappa shape index (κ1) is 9.48. The Labute approximate surface area is 71.8 Å². The quantitative estimate of drug-likeness (QED) is 0.583. The van der Waals surface area contributed by atoms with Crippen LogP contribution in [0.2, 0.25) is 0 Å². The van der Waals surface area contributed by atoms with E-state index in [0.29, 0.717) is 13.1 Å². The summed E-state index contributed by atoms with van der Waals surface area (Å²) in [6, 6.07) is 0. The fourth-order valence-corrected chi connectivity index (χ4v) is 1.37. The smallest absolute Gasteiger partial charge is 0.225 e. The van der Waals surface area contributed by atoms with Crippen molar-refractivity contribution in [1.29, 1.82) is 0 Å². The van der Waals surface area contributed by atoms with Crippen LogP contribution in [0.4, 0.5) is 0 Å². The van der Waals surface area contributed by atoms with Crippen molar-refractivity contribution in [3.05, 3.63) is 0 Å². The lowest BCUT2D eigenvalue weighted by Crippen LogP contribution is -2.39. The zero-order valence-electron chi connectivity index (χ0n) is 7.45. The van der Waals surface area contributed by atoms with Crippen LogP contribution in [0.5, 0.6) is 0 Å². The van der Waals surface area contributed by atoms with Crippen LogP contribution >= 0.6 is 0 Å². The molecule has 0 bridgehead atoms. The average Bonchev–Trinajstić information content (AvgIpc) is 2.06. The summed E-state index contributed by atoms with van der Waals surface area (Å²) in [6.07, 6.45) is -0.365. The minimum Gasteiger partial charge on any atom is -0.391 e. The first-order valence-electron chi connectivity index (χ1n) is 4.07. The van der Waals surface area contributed by atoms with Gasteiger partial charge in [-0.05, 0) is 13.8 Å². The molecule has 12 heavy (non-hydrogen) atoms. The largest absolute Gasteiger partial charge is 0.391 e. The number of likely N-dealkylation sites (tertiary alicyclic amines) is 1. The fraction of sp³-hybridized carbons (Fsp3) is 0.875. The molecule has 0 spiro atoms. The zero-order valence-corrected chi connectivity index (χ0v) is 7.45. The second-order valence-electron chi connectivity index (χ2n) is 3.94. The second-order valence-corrected chi connectivity index (χ2v) is 3.94. The number of β-amino-alcohol motifs (C(OH)–C–C–N with tert-alkyl or cyclic N) is 2. The third kappa shape index (κ3) is 2.46. The molecule has 1 saturated heterocycles. The number of aliphatic hydroxyl groups is 2. The SMILES string of the molecule is CC(C)(O)CN1CC(O)CC1=O. The maximum absolute atomic E-state index is 11.1. The molecule has 1 rings (SSSR count). The summed E-state index contributed by atoms with van der Waals surface area (Å²) in [5.74, 6) is -0.0791. The lowest BCUT2D eigenvalue weighted by atomic mass is 10.1. The van der Waals surface area contributed by atoms with E-state index in [1.165, 1.54) is 4.90 Å². The minimum absolute atomic E-state index is 0.0791. The summed E-state index contributed by atoms with van der Waals surface area (Å²) in [5.41, 5.74) is -0.875. The minimum atomic E-state index is -0.875. The predicted molar refractivity (Wildman–Crippen MR) is 43.5 cm³/mol. The number of carbonyl (C=O) groups excluding carboxylic acids is 1. The van der Waals surface area contributed by atoms with Crippen molar-refractivity contribution in [3.8, 4) is 0 Å². The molecule has 0 aliphatic carbocycles. The van der Waals surface area contributed by atoms with E-state index in [4.69, 9.17) is 5.11 Å². The Balaban J connectivity index is 2.49. The molecule has 0 radical (unpaired) electrons. The van der Waals surface area contributed by atoms with Crippen LogP contribution in [-0.2, 0) is 4.79 Å². The van der Waals surface area contributed by atoms with Gasteiger partial charge in [0.05, 0.1) is 18.1 Å². The summed E-state index contributed by atoms with van der Waals surface area (Å²) in [4.78, 5) is 12.6. The Morgan fingerprint density at radius 2 is 2.25 bits per heavy atom. The highest BCUT2D eigenvalue weighted by atomic mass is 16.3. The molecule has 0 aromatic rings. The van der Waals surface area contributed by atoms with E-state index >= 15 is 0 Å². The zero-order chi connectivity index (χ0) is 9.35. The van der Waals surface area contributed by atoms with Gasteiger partial charge in [0.25, 0.3) is 0 Å². The Hall–Kier alpha value is -0.610. The van der Waals surface area contributed by atoms with Gasteiger partial charge < -0.3 is 15.1 Å². The molecule has 1 fully saturated rings. The van der Waals surface area contributed by atoms with E-state index < -0.39 is 11.7 Å². The van der Waals surface area contributed by atoms with Crippen molar-refractivity contribution in [1.82, 2.24) is 4.90 Å². The lowest BCUT2D eigenvalue weighted by Gasteiger charge is -2.24. The maximum Gasteiger partial charge on any atom is 0.225 e. The molecule has 1 amide bonds. The fourth-order valence-electron chi connectivity index (χ4n) is 1.37. The topological polar surface area (TPSA) is 60.8 Å². The van der Waals surface area contributed by atoms with Gasteiger partial charge in [0, 0.05) is 13.1 Å².